The zero-order chi connectivity index (χ0) is 18.5. The maximum atomic E-state index is 12.3. The lowest BCUT2D eigenvalue weighted by molar-refractivity contribution is -0.125. The van der Waals surface area contributed by atoms with E-state index in [2.05, 4.69) is 25.4 Å². The molecule has 1 saturated heterocycles. The summed E-state index contributed by atoms with van der Waals surface area (Å²) >= 11 is 0. The normalized spacial score (nSPS) is 14.9. The minimum absolute atomic E-state index is 0.0267. The van der Waals surface area contributed by atoms with Gasteiger partial charge in [0.25, 0.3) is 0 Å². The molecule has 3 aromatic rings. The summed E-state index contributed by atoms with van der Waals surface area (Å²) in [6.45, 7) is 2.02. The van der Waals surface area contributed by atoms with E-state index in [1.807, 2.05) is 36.4 Å². The van der Waals surface area contributed by atoms with Crippen LogP contribution >= 0.6 is 0 Å². The molecule has 3 aromatic heterocycles. The Morgan fingerprint density at radius 2 is 2.04 bits per heavy atom. The summed E-state index contributed by atoms with van der Waals surface area (Å²) in [5, 5.41) is 11.6. The monoisotopic (exact) mass is 363 g/mol. The molecule has 0 radical (unpaired) electrons. The van der Waals surface area contributed by atoms with Crippen LogP contribution in [0.1, 0.15) is 18.6 Å². The summed E-state index contributed by atoms with van der Waals surface area (Å²) in [6.07, 6.45) is 6.73. The van der Waals surface area contributed by atoms with Crippen molar-refractivity contribution >= 4 is 11.7 Å². The highest BCUT2D eigenvalue weighted by molar-refractivity contribution is 5.78. The van der Waals surface area contributed by atoms with Crippen LogP contribution in [0.15, 0.2) is 59.5 Å². The number of amides is 1. The van der Waals surface area contributed by atoms with Crippen molar-refractivity contribution in [3.63, 3.8) is 0 Å². The van der Waals surface area contributed by atoms with E-state index in [4.69, 9.17) is 4.42 Å². The van der Waals surface area contributed by atoms with E-state index >= 15 is 0 Å². The number of nitrogens with zero attached hydrogens (tertiary/aromatic N) is 4. The maximum Gasteiger partial charge on any atom is 0.223 e. The summed E-state index contributed by atoms with van der Waals surface area (Å²) in [6, 6.07) is 11.5. The molecule has 0 aromatic carbocycles. The fraction of sp³-hybridized carbons (Fsp3) is 0.300. The number of anilines is 1. The summed E-state index contributed by atoms with van der Waals surface area (Å²) in [4.78, 5) is 18.6. The number of carbonyl (C=O) groups is 1. The van der Waals surface area contributed by atoms with Crippen LogP contribution in [0, 0.1) is 5.92 Å². The van der Waals surface area contributed by atoms with E-state index in [-0.39, 0.29) is 11.8 Å². The zero-order valence-electron chi connectivity index (χ0n) is 14.9. The summed E-state index contributed by atoms with van der Waals surface area (Å²) in [5.74, 6) is 1.73. The van der Waals surface area contributed by atoms with Crippen molar-refractivity contribution < 1.29 is 9.21 Å². The number of rotatable bonds is 5. The Kier molecular flexibility index (Phi) is 5.09. The molecule has 27 heavy (non-hydrogen) atoms. The van der Waals surface area contributed by atoms with E-state index in [1.165, 1.54) is 0 Å². The first-order chi connectivity index (χ1) is 13.3. The average Bonchev–Trinajstić information content (AvgIpc) is 3.27. The predicted molar refractivity (Wildman–Crippen MR) is 101 cm³/mol. The van der Waals surface area contributed by atoms with Crippen LogP contribution in [0.25, 0.3) is 11.3 Å². The second-order valence-electron chi connectivity index (χ2n) is 6.58. The lowest BCUT2D eigenvalue weighted by atomic mass is 9.96. The highest BCUT2D eigenvalue weighted by Crippen LogP contribution is 2.23. The molecule has 7 nitrogen and oxygen atoms in total. The SMILES string of the molecule is O=C(NCc1ccco1)C1CCN(c2ccc(-c3cccnc3)nn2)CC1. The van der Waals surface area contributed by atoms with Crippen LogP contribution in [0.4, 0.5) is 5.82 Å². The molecule has 1 aliphatic rings. The van der Waals surface area contributed by atoms with Crippen molar-refractivity contribution in [1.29, 1.82) is 0 Å². The molecule has 0 spiro atoms. The third-order valence-electron chi connectivity index (χ3n) is 4.81. The molecule has 0 bridgehead atoms. The second kappa shape index (κ2) is 7.99. The Morgan fingerprint density at radius 1 is 1.15 bits per heavy atom. The Morgan fingerprint density at radius 3 is 2.70 bits per heavy atom. The van der Waals surface area contributed by atoms with Crippen LogP contribution < -0.4 is 10.2 Å². The van der Waals surface area contributed by atoms with E-state index in [1.54, 1.807) is 18.7 Å². The molecule has 7 heteroatoms. The van der Waals surface area contributed by atoms with Gasteiger partial charge in [-0.1, -0.05) is 0 Å². The second-order valence-corrected chi connectivity index (χ2v) is 6.58. The number of furan rings is 1. The number of piperidine rings is 1. The van der Waals surface area contributed by atoms with Crippen LogP contribution in [0.3, 0.4) is 0 Å². The quantitative estimate of drug-likeness (QED) is 0.750. The molecule has 0 aliphatic carbocycles. The first kappa shape index (κ1) is 17.2. The lowest BCUT2D eigenvalue weighted by Crippen LogP contribution is -2.40. The van der Waals surface area contributed by atoms with Gasteiger partial charge in [0.2, 0.25) is 5.91 Å². The molecule has 0 atom stereocenters. The Hall–Kier alpha value is -3.22. The average molecular weight is 363 g/mol. The van der Waals surface area contributed by atoms with E-state index in [0.717, 1.165) is 48.8 Å². The zero-order valence-corrected chi connectivity index (χ0v) is 14.9. The van der Waals surface area contributed by atoms with Gasteiger partial charge in [-0.15, -0.1) is 10.2 Å². The first-order valence-electron chi connectivity index (χ1n) is 9.09. The van der Waals surface area contributed by atoms with E-state index in [9.17, 15) is 4.79 Å². The molecule has 4 rings (SSSR count). The van der Waals surface area contributed by atoms with Gasteiger partial charge in [-0.2, -0.15) is 0 Å². The topological polar surface area (TPSA) is 84.2 Å². The fourth-order valence-electron chi connectivity index (χ4n) is 3.26. The van der Waals surface area contributed by atoms with E-state index < -0.39 is 0 Å². The summed E-state index contributed by atoms with van der Waals surface area (Å²) in [5.41, 5.74) is 1.75. The lowest BCUT2D eigenvalue weighted by Gasteiger charge is -2.31. The van der Waals surface area contributed by atoms with Crippen molar-refractivity contribution in [2.45, 2.75) is 19.4 Å². The van der Waals surface area contributed by atoms with Crippen molar-refractivity contribution in [1.82, 2.24) is 20.5 Å². The van der Waals surface area contributed by atoms with Crippen molar-refractivity contribution in [2.75, 3.05) is 18.0 Å². The number of hydrogen-bond acceptors (Lipinski definition) is 6. The molecule has 1 N–H and O–H groups in total. The Bertz CT molecular complexity index is 857. The minimum Gasteiger partial charge on any atom is -0.467 e. The van der Waals surface area contributed by atoms with Crippen molar-refractivity contribution in [3.8, 4) is 11.3 Å². The molecule has 1 fully saturated rings. The third kappa shape index (κ3) is 4.13. The van der Waals surface area contributed by atoms with Gasteiger partial charge in [-0.25, -0.2) is 0 Å². The molecule has 0 saturated carbocycles. The molecular weight excluding hydrogens is 342 g/mol. The van der Waals surface area contributed by atoms with Crippen LogP contribution in [-0.4, -0.2) is 34.2 Å². The predicted octanol–water partition coefficient (Wildman–Crippen LogP) is 2.66. The summed E-state index contributed by atoms with van der Waals surface area (Å²) in [7, 11) is 0. The number of carbonyl (C=O) groups excluding carboxylic acids is 1. The van der Waals surface area contributed by atoms with Crippen molar-refractivity contribution in [2.24, 2.45) is 5.92 Å². The van der Waals surface area contributed by atoms with Gasteiger partial charge in [0.15, 0.2) is 5.82 Å². The van der Waals surface area contributed by atoms with Crippen LogP contribution in [0.2, 0.25) is 0 Å². The van der Waals surface area contributed by atoms with Gasteiger partial charge in [0, 0.05) is 37.0 Å². The summed E-state index contributed by atoms with van der Waals surface area (Å²) < 4.78 is 5.25. The largest absolute Gasteiger partial charge is 0.467 e. The third-order valence-corrected chi connectivity index (χ3v) is 4.81. The van der Waals surface area contributed by atoms with Gasteiger partial charge in [0.1, 0.15) is 5.76 Å². The molecule has 138 valence electrons. The van der Waals surface area contributed by atoms with Crippen molar-refractivity contribution in [3.05, 3.63) is 60.8 Å². The molecule has 1 aliphatic heterocycles. The molecule has 1 amide bonds. The minimum atomic E-state index is 0.0267. The highest BCUT2D eigenvalue weighted by Gasteiger charge is 2.25. The molecule has 0 unspecified atom stereocenters. The molecule has 4 heterocycles. The van der Waals surface area contributed by atoms with Crippen LogP contribution in [0.5, 0.6) is 0 Å². The standard InChI is InChI=1S/C20H21N5O2/c26-20(22-14-17-4-2-12-27-17)15-7-10-25(11-8-15)19-6-5-18(23-24-19)16-3-1-9-21-13-16/h1-6,9,12-13,15H,7-8,10-11,14H2,(H,22,26). The molecular formula is C20H21N5O2. The maximum absolute atomic E-state index is 12.3. The van der Waals surface area contributed by atoms with Gasteiger partial charge < -0.3 is 14.6 Å². The van der Waals surface area contributed by atoms with Gasteiger partial charge in [0.05, 0.1) is 18.5 Å². The number of nitrogens with one attached hydrogen (secondary N) is 1. The fourth-order valence-corrected chi connectivity index (χ4v) is 3.26. The van der Waals surface area contributed by atoms with Gasteiger partial charge in [-0.05, 0) is 49.2 Å². The Labute approximate surface area is 157 Å². The van der Waals surface area contributed by atoms with Crippen LogP contribution in [-0.2, 0) is 11.3 Å². The number of hydrogen-bond donors (Lipinski definition) is 1. The number of aromatic nitrogens is 3. The first-order valence-corrected chi connectivity index (χ1v) is 9.09. The van der Waals surface area contributed by atoms with Gasteiger partial charge in [-0.3, -0.25) is 9.78 Å². The number of pyridine rings is 1. The van der Waals surface area contributed by atoms with Gasteiger partial charge >= 0.3 is 0 Å². The smallest absolute Gasteiger partial charge is 0.223 e. The van der Waals surface area contributed by atoms with E-state index in [0.29, 0.717) is 6.54 Å². The highest BCUT2D eigenvalue weighted by atomic mass is 16.3. The Balaban J connectivity index is 1.30.